The van der Waals surface area contributed by atoms with Crippen LogP contribution in [0.2, 0.25) is 0 Å². The molecule has 104 valence electrons. The van der Waals surface area contributed by atoms with Gasteiger partial charge in [0.05, 0.1) is 13.2 Å². The molecule has 4 nitrogen and oxygen atoms in total. The maximum absolute atomic E-state index is 9.49. The molecule has 0 saturated heterocycles. The van der Waals surface area contributed by atoms with Crippen molar-refractivity contribution in [1.29, 1.82) is 0 Å². The fourth-order valence-electron chi connectivity index (χ4n) is 2.72. The highest BCUT2D eigenvalue weighted by atomic mass is 16.3. The van der Waals surface area contributed by atoms with Gasteiger partial charge in [-0.25, -0.2) is 0 Å². The monoisotopic (exact) mass is 270 g/mol. The molecule has 1 heterocycles. The number of rotatable bonds is 3. The number of benzene rings is 2. The summed E-state index contributed by atoms with van der Waals surface area (Å²) in [4.78, 5) is 2.20. The summed E-state index contributed by atoms with van der Waals surface area (Å²) in [5.41, 5.74) is 11.8. The standard InChI is InChI=1S/C16H18N2O2/c17-15-4-3-12-7-18(8-14(12)6-15)16-5-11(9-19)1-2-13(16)10-20/h1-6,19-20H,7-10,17H2. The van der Waals surface area contributed by atoms with Crippen molar-refractivity contribution in [2.24, 2.45) is 0 Å². The summed E-state index contributed by atoms with van der Waals surface area (Å²) in [5, 5.41) is 18.8. The van der Waals surface area contributed by atoms with Gasteiger partial charge in [0, 0.05) is 30.0 Å². The van der Waals surface area contributed by atoms with Crippen molar-refractivity contribution < 1.29 is 10.2 Å². The Labute approximate surface area is 118 Å². The summed E-state index contributed by atoms with van der Waals surface area (Å²) in [5.74, 6) is 0. The largest absolute Gasteiger partial charge is 0.399 e. The summed E-state index contributed by atoms with van der Waals surface area (Å²) in [6.07, 6.45) is 0. The highest BCUT2D eigenvalue weighted by molar-refractivity contribution is 5.60. The number of hydrogen-bond donors (Lipinski definition) is 3. The molecule has 3 rings (SSSR count). The van der Waals surface area contributed by atoms with E-state index in [4.69, 9.17) is 5.73 Å². The smallest absolute Gasteiger partial charge is 0.0702 e. The van der Waals surface area contributed by atoms with Crippen molar-refractivity contribution in [3.8, 4) is 0 Å². The molecule has 2 aromatic rings. The molecule has 1 aliphatic heterocycles. The Bertz CT molecular complexity index is 640. The lowest BCUT2D eigenvalue weighted by molar-refractivity contribution is 0.278. The normalized spacial score (nSPS) is 13.6. The molecule has 4 heteroatoms. The van der Waals surface area contributed by atoms with E-state index < -0.39 is 0 Å². The van der Waals surface area contributed by atoms with E-state index in [1.165, 1.54) is 11.1 Å². The molecular weight excluding hydrogens is 252 g/mol. The molecule has 0 aromatic heterocycles. The van der Waals surface area contributed by atoms with Crippen molar-refractivity contribution >= 4 is 11.4 Å². The predicted molar refractivity (Wildman–Crippen MR) is 79.0 cm³/mol. The number of anilines is 2. The number of aliphatic hydroxyl groups is 2. The first-order valence-corrected chi connectivity index (χ1v) is 6.67. The second-order valence-corrected chi connectivity index (χ2v) is 5.16. The van der Waals surface area contributed by atoms with Crippen LogP contribution in [0.25, 0.3) is 0 Å². The van der Waals surface area contributed by atoms with Gasteiger partial charge in [0.15, 0.2) is 0 Å². The first-order chi connectivity index (χ1) is 9.71. The number of nitrogen functional groups attached to an aromatic ring is 1. The Morgan fingerprint density at radius 1 is 0.950 bits per heavy atom. The van der Waals surface area contributed by atoms with Gasteiger partial charge in [0.1, 0.15) is 0 Å². The Kier molecular flexibility index (Phi) is 3.34. The third-order valence-electron chi connectivity index (χ3n) is 3.80. The van der Waals surface area contributed by atoms with Crippen LogP contribution in [0.4, 0.5) is 11.4 Å². The Balaban J connectivity index is 1.95. The van der Waals surface area contributed by atoms with Crippen LogP contribution in [0.1, 0.15) is 22.3 Å². The van der Waals surface area contributed by atoms with Crippen molar-refractivity contribution in [2.45, 2.75) is 26.3 Å². The molecule has 20 heavy (non-hydrogen) atoms. The van der Waals surface area contributed by atoms with Crippen LogP contribution in [0.5, 0.6) is 0 Å². The van der Waals surface area contributed by atoms with Crippen LogP contribution >= 0.6 is 0 Å². The fraction of sp³-hybridized carbons (Fsp3) is 0.250. The number of fused-ring (bicyclic) bond motifs is 1. The van der Waals surface area contributed by atoms with Crippen LogP contribution in [-0.4, -0.2) is 10.2 Å². The number of aliphatic hydroxyl groups excluding tert-OH is 2. The topological polar surface area (TPSA) is 69.7 Å². The zero-order chi connectivity index (χ0) is 14.1. The van der Waals surface area contributed by atoms with Gasteiger partial charge in [-0.2, -0.15) is 0 Å². The third-order valence-corrected chi connectivity index (χ3v) is 3.80. The molecular formula is C16H18N2O2. The van der Waals surface area contributed by atoms with E-state index in [0.717, 1.165) is 35.6 Å². The van der Waals surface area contributed by atoms with Gasteiger partial charge in [-0.1, -0.05) is 18.2 Å². The molecule has 0 atom stereocenters. The van der Waals surface area contributed by atoms with E-state index in [-0.39, 0.29) is 13.2 Å². The van der Waals surface area contributed by atoms with Crippen LogP contribution in [0.3, 0.4) is 0 Å². The molecule has 0 spiro atoms. The number of nitrogens with zero attached hydrogens (tertiary/aromatic N) is 1. The average Bonchev–Trinajstić information content (AvgIpc) is 2.89. The maximum atomic E-state index is 9.49. The molecule has 0 bridgehead atoms. The summed E-state index contributed by atoms with van der Waals surface area (Å²) in [6, 6.07) is 11.6. The van der Waals surface area contributed by atoms with E-state index in [2.05, 4.69) is 11.0 Å². The summed E-state index contributed by atoms with van der Waals surface area (Å²) < 4.78 is 0. The van der Waals surface area contributed by atoms with E-state index >= 15 is 0 Å². The first-order valence-electron chi connectivity index (χ1n) is 6.67. The van der Waals surface area contributed by atoms with E-state index in [9.17, 15) is 10.2 Å². The lowest BCUT2D eigenvalue weighted by Gasteiger charge is -2.21. The fourth-order valence-corrected chi connectivity index (χ4v) is 2.72. The van der Waals surface area contributed by atoms with Crippen LogP contribution in [-0.2, 0) is 26.3 Å². The van der Waals surface area contributed by atoms with Gasteiger partial charge in [-0.05, 0) is 34.9 Å². The van der Waals surface area contributed by atoms with Crippen molar-refractivity contribution in [3.63, 3.8) is 0 Å². The minimum atomic E-state index is -0.00394. The Hall–Kier alpha value is -2.04. The first kappa shape index (κ1) is 13.0. The van der Waals surface area contributed by atoms with Crippen LogP contribution in [0.15, 0.2) is 36.4 Å². The van der Waals surface area contributed by atoms with Crippen molar-refractivity contribution in [1.82, 2.24) is 0 Å². The van der Waals surface area contributed by atoms with Gasteiger partial charge in [0.25, 0.3) is 0 Å². The quantitative estimate of drug-likeness (QED) is 0.744. The lowest BCUT2D eigenvalue weighted by atomic mass is 10.1. The second-order valence-electron chi connectivity index (χ2n) is 5.16. The molecule has 0 fully saturated rings. The van der Waals surface area contributed by atoms with Gasteiger partial charge in [-0.3, -0.25) is 0 Å². The summed E-state index contributed by atoms with van der Waals surface area (Å²) in [7, 11) is 0. The van der Waals surface area contributed by atoms with E-state index in [0.29, 0.717) is 0 Å². The Morgan fingerprint density at radius 3 is 2.50 bits per heavy atom. The maximum Gasteiger partial charge on any atom is 0.0702 e. The van der Waals surface area contributed by atoms with Crippen LogP contribution in [0, 0.1) is 0 Å². The molecule has 0 unspecified atom stereocenters. The predicted octanol–water partition coefficient (Wildman–Crippen LogP) is 1.77. The highest BCUT2D eigenvalue weighted by Gasteiger charge is 2.21. The molecule has 1 aliphatic rings. The lowest BCUT2D eigenvalue weighted by Crippen LogP contribution is -2.16. The molecule has 2 aromatic carbocycles. The van der Waals surface area contributed by atoms with Crippen molar-refractivity contribution in [2.75, 3.05) is 10.6 Å². The third kappa shape index (κ3) is 2.24. The summed E-state index contributed by atoms with van der Waals surface area (Å²) >= 11 is 0. The highest BCUT2D eigenvalue weighted by Crippen LogP contribution is 2.32. The zero-order valence-electron chi connectivity index (χ0n) is 11.2. The second kappa shape index (κ2) is 5.15. The van der Waals surface area contributed by atoms with Gasteiger partial charge < -0.3 is 20.8 Å². The molecule has 4 N–H and O–H groups in total. The van der Waals surface area contributed by atoms with E-state index in [1.807, 2.05) is 30.3 Å². The van der Waals surface area contributed by atoms with Gasteiger partial charge >= 0.3 is 0 Å². The van der Waals surface area contributed by atoms with Crippen LogP contribution < -0.4 is 10.6 Å². The average molecular weight is 270 g/mol. The molecule has 0 aliphatic carbocycles. The zero-order valence-corrected chi connectivity index (χ0v) is 11.2. The number of nitrogens with two attached hydrogens (primary N) is 1. The molecule has 0 amide bonds. The molecule has 0 saturated carbocycles. The minimum absolute atomic E-state index is 0.00394. The SMILES string of the molecule is Nc1ccc2c(c1)CN(c1cc(CO)ccc1CO)C2. The molecule has 0 radical (unpaired) electrons. The van der Waals surface area contributed by atoms with Gasteiger partial charge in [-0.15, -0.1) is 0 Å². The minimum Gasteiger partial charge on any atom is -0.399 e. The van der Waals surface area contributed by atoms with Gasteiger partial charge in [0.2, 0.25) is 0 Å². The Morgan fingerprint density at radius 2 is 1.75 bits per heavy atom. The van der Waals surface area contributed by atoms with E-state index in [1.54, 1.807) is 0 Å². The summed E-state index contributed by atoms with van der Waals surface area (Å²) in [6.45, 7) is 1.59. The van der Waals surface area contributed by atoms with Crippen molar-refractivity contribution in [3.05, 3.63) is 58.7 Å². The number of hydrogen-bond acceptors (Lipinski definition) is 4.